The van der Waals surface area contributed by atoms with Crippen molar-refractivity contribution in [3.05, 3.63) is 54.3 Å². The maximum Gasteiger partial charge on any atom is 0.410 e. The predicted octanol–water partition coefficient (Wildman–Crippen LogP) is 6.73. The van der Waals surface area contributed by atoms with E-state index in [-0.39, 0.29) is 23.2 Å². The fourth-order valence-corrected chi connectivity index (χ4v) is 9.13. The number of carbonyl (C=O) groups excluding carboxylic acids is 3. The standard InChI is InChI=1S/C26H33N7O3S.C14H10ClN5OS/c1-6-20(34)31(5)18-8-7-15(9-19(18)37)21-22-23(28-14-27-22)30-24(29-21)32-10-16-12-33(13-17(16)11-32)25(35)36-26(2,3)4;1-20-8-3-2-7(4-9(8)22-5-10(20)21)11-12-13(17-6-16-12)19-14(15)18-11/h7-9,14,16-17,37H,6,10-13H2,1-5H3,(H,27,28,29,30);2-4,6H,5H2,1H3,(H,16,17,18,19). The first-order valence-electron chi connectivity index (χ1n) is 19.1. The Morgan fingerprint density at radius 2 is 1.56 bits per heavy atom. The topological polar surface area (TPSA) is 182 Å². The van der Waals surface area contributed by atoms with Gasteiger partial charge in [-0.15, -0.1) is 24.4 Å². The van der Waals surface area contributed by atoms with Gasteiger partial charge >= 0.3 is 6.09 Å². The molecular weight excluding hydrogens is 812 g/mol. The number of anilines is 3. The van der Waals surface area contributed by atoms with E-state index in [9.17, 15) is 14.4 Å². The number of nitrogens with one attached hydrogen (secondary N) is 2. The SMILES string of the molecule is CCC(=O)N(C)c1ccc(-c2nc(N3CC4CN(C(=O)OC(C)(C)C)CC4C3)nc3nc[nH]c23)cc1S.CN1C(=O)CSc2cc(-c3nc(Cl)nc4nc[nH]c34)ccc21. The summed E-state index contributed by atoms with van der Waals surface area (Å²) in [5, 5.41) is 0.160. The van der Waals surface area contributed by atoms with E-state index < -0.39 is 5.60 Å². The maximum atomic E-state index is 12.5. The Balaban J connectivity index is 0.000000186. The van der Waals surface area contributed by atoms with Gasteiger partial charge in [-0.3, -0.25) is 9.59 Å². The van der Waals surface area contributed by atoms with Crippen molar-refractivity contribution >= 4 is 93.6 Å². The number of H-pyrrole nitrogens is 2. The highest BCUT2D eigenvalue weighted by molar-refractivity contribution is 8.00. The van der Waals surface area contributed by atoms with Crippen LogP contribution in [0.25, 0.3) is 44.8 Å². The third-order valence-electron chi connectivity index (χ3n) is 10.6. The summed E-state index contributed by atoms with van der Waals surface area (Å²) in [6.45, 7) is 10.4. The summed E-state index contributed by atoms with van der Waals surface area (Å²) < 4.78 is 5.56. The number of halogens is 1. The third kappa shape index (κ3) is 8.12. The third-order valence-corrected chi connectivity index (χ3v) is 12.1. The van der Waals surface area contributed by atoms with Gasteiger partial charge in [-0.05, 0) is 56.6 Å². The molecule has 0 radical (unpaired) electrons. The lowest BCUT2D eigenvalue weighted by atomic mass is 10.0. The summed E-state index contributed by atoms with van der Waals surface area (Å²) in [5.74, 6) is 1.86. The molecule has 16 nitrogen and oxygen atoms in total. The highest BCUT2D eigenvalue weighted by Gasteiger charge is 2.43. The Morgan fingerprint density at radius 3 is 2.20 bits per heavy atom. The summed E-state index contributed by atoms with van der Waals surface area (Å²) in [4.78, 5) is 78.3. The molecule has 19 heteroatoms. The quantitative estimate of drug-likeness (QED) is 0.123. The van der Waals surface area contributed by atoms with Crippen LogP contribution in [0.1, 0.15) is 34.1 Å². The molecule has 3 aliphatic rings. The van der Waals surface area contributed by atoms with Crippen molar-refractivity contribution in [2.45, 2.75) is 49.5 Å². The molecule has 6 aromatic rings. The first-order chi connectivity index (χ1) is 28.2. The van der Waals surface area contributed by atoms with Crippen LogP contribution in [0.15, 0.2) is 58.8 Å². The van der Waals surface area contributed by atoms with Crippen LogP contribution >= 0.6 is 36.0 Å². The van der Waals surface area contributed by atoms with Crippen LogP contribution in [0, 0.1) is 11.8 Å². The fraction of sp³-hybridized carbons (Fsp3) is 0.375. The number of hydrogen-bond donors (Lipinski definition) is 3. The Bertz CT molecular complexity index is 2600. The summed E-state index contributed by atoms with van der Waals surface area (Å²) in [6.07, 6.45) is 3.36. The van der Waals surface area contributed by atoms with Crippen LogP contribution in [0.3, 0.4) is 0 Å². The number of aromatic nitrogens is 8. The monoisotopic (exact) mass is 854 g/mol. The van der Waals surface area contributed by atoms with Crippen molar-refractivity contribution in [2.24, 2.45) is 11.8 Å². The largest absolute Gasteiger partial charge is 0.444 e. The van der Waals surface area contributed by atoms with Crippen LogP contribution in [0.2, 0.25) is 5.28 Å². The van der Waals surface area contributed by atoms with Crippen LogP contribution in [-0.2, 0) is 14.3 Å². The number of fused-ring (bicyclic) bond motifs is 4. The van der Waals surface area contributed by atoms with E-state index in [0.717, 1.165) is 57.2 Å². The minimum absolute atomic E-state index is 0.0214. The van der Waals surface area contributed by atoms with Crippen molar-refractivity contribution in [3.8, 4) is 22.5 Å². The molecule has 2 fully saturated rings. The number of likely N-dealkylation sites (tertiary alicyclic amines) is 1. The molecule has 2 N–H and O–H groups in total. The molecule has 2 aromatic carbocycles. The van der Waals surface area contributed by atoms with Crippen LogP contribution in [-0.4, -0.2) is 114 Å². The van der Waals surface area contributed by atoms with Crippen LogP contribution in [0.4, 0.5) is 22.1 Å². The molecule has 0 saturated carbocycles. The first-order valence-corrected chi connectivity index (χ1v) is 20.9. The molecule has 0 aliphatic carbocycles. The molecule has 2 atom stereocenters. The fourth-order valence-electron chi connectivity index (χ4n) is 7.57. The normalized spacial score (nSPS) is 17.6. The van der Waals surface area contributed by atoms with Gasteiger partial charge in [0.2, 0.25) is 23.0 Å². The summed E-state index contributed by atoms with van der Waals surface area (Å²) >= 11 is 12.2. The number of imidazole rings is 2. The van der Waals surface area contributed by atoms with Gasteiger partial charge in [-0.2, -0.15) is 9.97 Å². The number of benzene rings is 2. The number of thioether (sulfide) groups is 1. The Hall–Kier alpha value is -5.46. The van der Waals surface area contributed by atoms with E-state index in [1.54, 1.807) is 36.5 Å². The Labute approximate surface area is 354 Å². The predicted molar refractivity (Wildman–Crippen MR) is 231 cm³/mol. The second-order valence-corrected chi connectivity index (χ2v) is 17.5. The number of amides is 3. The van der Waals surface area contributed by atoms with Gasteiger partial charge < -0.3 is 34.3 Å². The van der Waals surface area contributed by atoms with E-state index in [0.29, 0.717) is 64.9 Å². The summed E-state index contributed by atoms with van der Waals surface area (Å²) in [7, 11) is 3.54. The zero-order valence-corrected chi connectivity index (χ0v) is 35.8. The molecule has 4 aromatic heterocycles. The van der Waals surface area contributed by atoms with Gasteiger partial charge in [0.05, 0.1) is 29.8 Å². The molecule has 9 rings (SSSR count). The van der Waals surface area contributed by atoms with Crippen molar-refractivity contribution in [2.75, 3.05) is 60.7 Å². The first kappa shape index (κ1) is 40.3. The van der Waals surface area contributed by atoms with Gasteiger partial charge in [-0.25, -0.2) is 24.7 Å². The lowest BCUT2D eigenvalue weighted by molar-refractivity contribution is -0.118. The zero-order chi connectivity index (χ0) is 41.7. The molecule has 0 spiro atoms. The Kier molecular flexibility index (Phi) is 10.9. The smallest absolute Gasteiger partial charge is 0.410 e. The minimum Gasteiger partial charge on any atom is -0.444 e. The van der Waals surface area contributed by atoms with Crippen molar-refractivity contribution in [1.82, 2.24) is 44.8 Å². The Morgan fingerprint density at radius 1 is 0.932 bits per heavy atom. The van der Waals surface area contributed by atoms with E-state index in [2.05, 4.69) is 47.4 Å². The van der Waals surface area contributed by atoms with Crippen molar-refractivity contribution in [1.29, 1.82) is 0 Å². The second-order valence-electron chi connectivity index (χ2n) is 15.7. The average Bonchev–Trinajstić information content (AvgIpc) is 4.02. The molecule has 2 saturated heterocycles. The number of thiol groups is 1. The van der Waals surface area contributed by atoms with Crippen LogP contribution < -0.4 is 14.7 Å². The molecule has 59 heavy (non-hydrogen) atoms. The van der Waals surface area contributed by atoms with Crippen LogP contribution in [0.5, 0.6) is 0 Å². The number of ether oxygens (including phenoxy) is 1. The van der Waals surface area contributed by atoms with Crippen molar-refractivity contribution in [3.63, 3.8) is 0 Å². The average molecular weight is 855 g/mol. The highest BCUT2D eigenvalue weighted by Crippen LogP contribution is 2.39. The number of aromatic amines is 2. The van der Waals surface area contributed by atoms with E-state index in [1.165, 1.54) is 11.8 Å². The lowest BCUT2D eigenvalue weighted by Gasteiger charge is -2.26. The molecular formula is C40H43ClN12O4S2. The summed E-state index contributed by atoms with van der Waals surface area (Å²) in [6, 6.07) is 11.6. The number of rotatable bonds is 5. The molecule has 306 valence electrons. The van der Waals surface area contributed by atoms with Gasteiger partial charge in [0.15, 0.2) is 11.3 Å². The molecule has 2 unspecified atom stereocenters. The van der Waals surface area contributed by atoms with Gasteiger partial charge in [0.25, 0.3) is 0 Å². The van der Waals surface area contributed by atoms with E-state index in [1.807, 2.05) is 69.0 Å². The van der Waals surface area contributed by atoms with Gasteiger partial charge in [-0.1, -0.05) is 19.1 Å². The maximum absolute atomic E-state index is 12.5. The van der Waals surface area contributed by atoms with Crippen molar-refractivity contribution < 1.29 is 19.1 Å². The lowest BCUT2D eigenvalue weighted by Crippen LogP contribution is -2.37. The van der Waals surface area contributed by atoms with Gasteiger partial charge in [0, 0.05) is 79.4 Å². The second kappa shape index (κ2) is 16.0. The van der Waals surface area contributed by atoms with Gasteiger partial charge in [0.1, 0.15) is 28.0 Å². The highest BCUT2D eigenvalue weighted by atomic mass is 35.5. The zero-order valence-electron chi connectivity index (χ0n) is 33.4. The minimum atomic E-state index is -0.504. The van der Waals surface area contributed by atoms with E-state index >= 15 is 0 Å². The molecule has 3 aliphatic heterocycles. The van der Waals surface area contributed by atoms with E-state index in [4.69, 9.17) is 26.3 Å². The molecule has 3 amide bonds. The summed E-state index contributed by atoms with van der Waals surface area (Å²) in [5.41, 5.74) is 6.98. The number of carbonyl (C=O) groups is 3. The number of nitrogens with zero attached hydrogens (tertiary/aromatic N) is 10. The molecule has 0 bridgehead atoms. The molecule has 7 heterocycles. The number of hydrogen-bond acceptors (Lipinski definition) is 13.